The Labute approximate surface area is 116 Å². The zero-order valence-corrected chi connectivity index (χ0v) is 13.0. The summed E-state index contributed by atoms with van der Waals surface area (Å²) < 4.78 is 29.4. The van der Waals surface area contributed by atoms with Crippen molar-refractivity contribution in [2.45, 2.75) is 51.8 Å². The van der Waals surface area contributed by atoms with Gasteiger partial charge in [-0.25, -0.2) is 8.42 Å². The lowest BCUT2D eigenvalue weighted by Crippen LogP contribution is -2.48. The summed E-state index contributed by atoms with van der Waals surface area (Å²) in [5, 5.41) is 2.77. The molecule has 0 aromatic carbocycles. The quantitative estimate of drug-likeness (QED) is 0.743. The van der Waals surface area contributed by atoms with Crippen molar-refractivity contribution in [3.63, 3.8) is 0 Å². The standard InChI is InChI=1S/C13H25NO4S/c1-5-14-12-10(7-8-13(12,3)4)19(16,17)9-11(15)18-6-2/h10,12,14H,5-9H2,1-4H3. The maximum Gasteiger partial charge on any atom is 0.321 e. The lowest BCUT2D eigenvalue weighted by atomic mass is 9.87. The van der Waals surface area contributed by atoms with Gasteiger partial charge in [0.15, 0.2) is 9.84 Å². The Morgan fingerprint density at radius 3 is 2.53 bits per heavy atom. The summed E-state index contributed by atoms with van der Waals surface area (Å²) in [5.74, 6) is -1.16. The van der Waals surface area contributed by atoms with Gasteiger partial charge in [-0.1, -0.05) is 20.8 Å². The molecule has 1 aliphatic carbocycles. The molecule has 1 fully saturated rings. The fourth-order valence-electron chi connectivity index (χ4n) is 2.83. The van der Waals surface area contributed by atoms with Gasteiger partial charge in [0.2, 0.25) is 0 Å². The van der Waals surface area contributed by atoms with Crippen LogP contribution in [0.2, 0.25) is 0 Å². The van der Waals surface area contributed by atoms with Gasteiger partial charge in [-0.15, -0.1) is 0 Å². The van der Waals surface area contributed by atoms with Crippen molar-refractivity contribution >= 4 is 15.8 Å². The topological polar surface area (TPSA) is 72.5 Å². The summed E-state index contributed by atoms with van der Waals surface area (Å²) in [5.41, 5.74) is -0.0671. The third-order valence-corrected chi connectivity index (χ3v) is 5.87. The molecule has 1 rings (SSSR count). The van der Waals surface area contributed by atoms with Gasteiger partial charge in [0, 0.05) is 6.04 Å². The lowest BCUT2D eigenvalue weighted by Gasteiger charge is -2.31. The molecule has 1 N–H and O–H groups in total. The lowest BCUT2D eigenvalue weighted by molar-refractivity contribution is -0.139. The van der Waals surface area contributed by atoms with E-state index in [0.717, 1.165) is 13.0 Å². The summed E-state index contributed by atoms with van der Waals surface area (Å²) in [4.78, 5) is 11.4. The molecule has 0 aromatic heterocycles. The van der Waals surface area contributed by atoms with Crippen LogP contribution in [-0.4, -0.2) is 44.6 Å². The number of carbonyl (C=O) groups excluding carboxylic acids is 1. The van der Waals surface area contributed by atoms with Gasteiger partial charge in [-0.05, 0) is 31.7 Å². The SMILES string of the molecule is CCNC1C(S(=O)(=O)CC(=O)OCC)CCC1(C)C. The van der Waals surface area contributed by atoms with Crippen molar-refractivity contribution in [3.8, 4) is 0 Å². The predicted molar refractivity (Wildman–Crippen MR) is 74.7 cm³/mol. The summed E-state index contributed by atoms with van der Waals surface area (Å²) >= 11 is 0. The average Bonchev–Trinajstić information content (AvgIpc) is 2.55. The molecule has 5 nitrogen and oxygen atoms in total. The minimum Gasteiger partial charge on any atom is -0.465 e. The second-order valence-corrected chi connectivity index (χ2v) is 7.93. The van der Waals surface area contributed by atoms with Crippen molar-refractivity contribution in [1.82, 2.24) is 5.32 Å². The van der Waals surface area contributed by atoms with Crippen LogP contribution in [0.1, 0.15) is 40.5 Å². The molecule has 19 heavy (non-hydrogen) atoms. The van der Waals surface area contributed by atoms with Gasteiger partial charge in [0.1, 0.15) is 5.75 Å². The van der Waals surface area contributed by atoms with E-state index in [1.165, 1.54) is 0 Å². The molecule has 0 aromatic rings. The molecular weight excluding hydrogens is 266 g/mol. The summed E-state index contributed by atoms with van der Waals surface area (Å²) in [6.45, 7) is 8.70. The molecule has 1 aliphatic rings. The maximum absolute atomic E-state index is 12.4. The fourth-order valence-corrected chi connectivity index (χ4v) is 4.81. The van der Waals surface area contributed by atoms with Gasteiger partial charge >= 0.3 is 5.97 Å². The summed E-state index contributed by atoms with van der Waals surface area (Å²) in [7, 11) is -3.46. The van der Waals surface area contributed by atoms with E-state index in [2.05, 4.69) is 19.2 Å². The second kappa shape index (κ2) is 6.22. The Morgan fingerprint density at radius 2 is 2.00 bits per heavy atom. The van der Waals surface area contributed by atoms with Crippen LogP contribution >= 0.6 is 0 Å². The molecule has 0 saturated heterocycles. The van der Waals surface area contributed by atoms with Crippen LogP contribution in [0.4, 0.5) is 0 Å². The fraction of sp³-hybridized carbons (Fsp3) is 0.923. The average molecular weight is 291 g/mol. The smallest absolute Gasteiger partial charge is 0.321 e. The number of carbonyl (C=O) groups is 1. The van der Waals surface area contributed by atoms with Gasteiger partial charge < -0.3 is 10.1 Å². The number of sulfone groups is 1. The van der Waals surface area contributed by atoms with E-state index in [1.54, 1.807) is 6.92 Å². The summed E-state index contributed by atoms with van der Waals surface area (Å²) in [6, 6.07) is -0.100. The van der Waals surface area contributed by atoms with Crippen molar-refractivity contribution in [2.75, 3.05) is 18.9 Å². The van der Waals surface area contributed by atoms with Crippen LogP contribution in [-0.2, 0) is 19.4 Å². The van der Waals surface area contributed by atoms with E-state index in [-0.39, 0.29) is 18.1 Å². The van der Waals surface area contributed by atoms with Crippen LogP contribution in [0.15, 0.2) is 0 Å². The molecular formula is C13H25NO4S. The highest BCUT2D eigenvalue weighted by molar-refractivity contribution is 7.92. The first-order valence-electron chi connectivity index (χ1n) is 6.85. The number of rotatable bonds is 6. The van der Waals surface area contributed by atoms with E-state index in [1.807, 2.05) is 6.92 Å². The first-order chi connectivity index (χ1) is 8.74. The van der Waals surface area contributed by atoms with E-state index in [4.69, 9.17) is 4.74 Å². The molecule has 0 radical (unpaired) electrons. The predicted octanol–water partition coefficient (Wildman–Crippen LogP) is 1.13. The summed E-state index contributed by atoms with van der Waals surface area (Å²) in [6.07, 6.45) is 1.45. The van der Waals surface area contributed by atoms with Crippen LogP contribution in [0.5, 0.6) is 0 Å². The molecule has 1 saturated carbocycles. The Hall–Kier alpha value is -0.620. The largest absolute Gasteiger partial charge is 0.465 e. The van der Waals surface area contributed by atoms with Crippen LogP contribution in [0.3, 0.4) is 0 Å². The van der Waals surface area contributed by atoms with Gasteiger partial charge in [0.05, 0.1) is 11.9 Å². The molecule has 0 aliphatic heterocycles. The number of nitrogens with one attached hydrogen (secondary N) is 1. The van der Waals surface area contributed by atoms with Gasteiger partial charge in [0.25, 0.3) is 0 Å². The minimum absolute atomic E-state index is 0.0671. The van der Waals surface area contributed by atoms with E-state index in [0.29, 0.717) is 6.42 Å². The normalized spacial score (nSPS) is 26.3. The second-order valence-electron chi connectivity index (χ2n) is 5.71. The zero-order chi connectivity index (χ0) is 14.7. The van der Waals surface area contributed by atoms with Gasteiger partial charge in [-0.3, -0.25) is 4.79 Å². The molecule has 0 heterocycles. The van der Waals surface area contributed by atoms with E-state index >= 15 is 0 Å². The van der Waals surface area contributed by atoms with Crippen molar-refractivity contribution < 1.29 is 17.9 Å². The van der Waals surface area contributed by atoms with Crippen molar-refractivity contribution in [1.29, 1.82) is 0 Å². The third-order valence-electron chi connectivity index (χ3n) is 3.80. The van der Waals surface area contributed by atoms with Crippen molar-refractivity contribution in [2.24, 2.45) is 5.41 Å². The van der Waals surface area contributed by atoms with Crippen LogP contribution < -0.4 is 5.32 Å². The van der Waals surface area contributed by atoms with E-state index in [9.17, 15) is 13.2 Å². The molecule has 2 unspecified atom stereocenters. The van der Waals surface area contributed by atoms with Crippen LogP contribution in [0, 0.1) is 5.41 Å². The molecule has 112 valence electrons. The monoisotopic (exact) mass is 291 g/mol. The first kappa shape index (κ1) is 16.4. The van der Waals surface area contributed by atoms with Crippen molar-refractivity contribution in [3.05, 3.63) is 0 Å². The highest BCUT2D eigenvalue weighted by Crippen LogP contribution is 2.40. The maximum atomic E-state index is 12.4. The van der Waals surface area contributed by atoms with Gasteiger partial charge in [-0.2, -0.15) is 0 Å². The third kappa shape index (κ3) is 3.92. The minimum atomic E-state index is -3.46. The zero-order valence-electron chi connectivity index (χ0n) is 12.2. The number of hydrogen-bond donors (Lipinski definition) is 1. The Morgan fingerprint density at radius 1 is 1.37 bits per heavy atom. The molecule has 2 atom stereocenters. The molecule has 0 amide bonds. The molecule has 0 bridgehead atoms. The Kier molecular flexibility index (Phi) is 5.38. The molecule has 0 spiro atoms. The first-order valence-corrected chi connectivity index (χ1v) is 8.56. The molecule has 6 heteroatoms. The Balaban J connectivity index is 2.85. The van der Waals surface area contributed by atoms with E-state index < -0.39 is 26.8 Å². The van der Waals surface area contributed by atoms with Crippen LogP contribution in [0.25, 0.3) is 0 Å². The number of ether oxygens (including phenoxy) is 1. The number of hydrogen-bond acceptors (Lipinski definition) is 5. The highest BCUT2D eigenvalue weighted by atomic mass is 32.2. The Bertz CT molecular complexity index is 416. The number of esters is 1. The highest BCUT2D eigenvalue weighted by Gasteiger charge is 2.47.